The van der Waals surface area contributed by atoms with Gasteiger partial charge >= 0.3 is 5.97 Å². The van der Waals surface area contributed by atoms with Crippen molar-refractivity contribution in [1.82, 2.24) is 10.5 Å². The summed E-state index contributed by atoms with van der Waals surface area (Å²) in [7, 11) is 1.65. The van der Waals surface area contributed by atoms with E-state index in [1.165, 1.54) is 0 Å². The first kappa shape index (κ1) is 31.0. The number of pyridine rings is 1. The molecule has 0 fully saturated rings. The van der Waals surface area contributed by atoms with Crippen LogP contribution in [0.1, 0.15) is 51.3 Å². The number of benzene rings is 4. The monoisotopic (exact) mass is 602 g/mol. The van der Waals surface area contributed by atoms with Gasteiger partial charge in [0.25, 0.3) is 5.91 Å². The molecule has 1 heterocycles. The van der Waals surface area contributed by atoms with Crippen LogP contribution < -0.4 is 15.0 Å². The lowest BCUT2D eigenvalue weighted by Crippen LogP contribution is -2.26. The number of ether oxygens (including phenoxy) is 2. The van der Waals surface area contributed by atoms with Gasteiger partial charge in [0.1, 0.15) is 18.1 Å². The highest BCUT2D eigenvalue weighted by Gasteiger charge is 2.22. The van der Waals surface area contributed by atoms with Crippen molar-refractivity contribution in [3.63, 3.8) is 0 Å². The Labute approximate surface area is 262 Å². The van der Waals surface area contributed by atoms with E-state index in [1.807, 2.05) is 78.9 Å². The number of nitrogens with zero attached hydrogens (tertiary/aromatic N) is 1. The number of carbonyl (C=O) groups is 2. The zero-order valence-corrected chi connectivity index (χ0v) is 25.4. The Morgan fingerprint density at radius 1 is 0.778 bits per heavy atom. The van der Waals surface area contributed by atoms with Crippen LogP contribution in [0.2, 0.25) is 0 Å². The summed E-state index contributed by atoms with van der Waals surface area (Å²) in [6.45, 7) is 4.54. The molecule has 1 aromatic heterocycles. The van der Waals surface area contributed by atoms with Crippen molar-refractivity contribution >= 4 is 11.9 Å². The molecule has 45 heavy (non-hydrogen) atoms. The fourth-order valence-electron chi connectivity index (χ4n) is 4.94. The van der Waals surface area contributed by atoms with E-state index < -0.39 is 11.9 Å². The summed E-state index contributed by atoms with van der Waals surface area (Å²) in [4.78, 5) is 39.8. The molecule has 1 N–H and O–H groups in total. The molecule has 8 heteroatoms. The molecule has 0 unspecified atom stereocenters. The summed E-state index contributed by atoms with van der Waals surface area (Å²) in [5, 5.41) is 0. The van der Waals surface area contributed by atoms with Crippen LogP contribution in [0, 0.1) is 0 Å². The predicted molar refractivity (Wildman–Crippen MR) is 171 cm³/mol. The fraction of sp³-hybridized carbons (Fsp3) is 0.162. The number of carbonyl (C=O) groups excluding carboxylic acids is 2. The van der Waals surface area contributed by atoms with Gasteiger partial charge in [0.15, 0.2) is 0 Å². The Balaban J connectivity index is 1.22. The van der Waals surface area contributed by atoms with Gasteiger partial charge in [-0.15, -0.1) is 0 Å². The van der Waals surface area contributed by atoms with E-state index in [0.717, 1.165) is 40.0 Å². The molecule has 4 aromatic carbocycles. The van der Waals surface area contributed by atoms with Crippen LogP contribution in [0.4, 0.5) is 0 Å². The first-order valence-corrected chi connectivity index (χ1v) is 14.5. The third-order valence-electron chi connectivity index (χ3n) is 7.41. The van der Waals surface area contributed by atoms with E-state index >= 15 is 0 Å². The Bertz CT molecular complexity index is 1740. The fourth-order valence-corrected chi connectivity index (χ4v) is 4.94. The maximum atomic E-state index is 13.2. The average molecular weight is 603 g/mol. The number of hydroxylamine groups is 1. The van der Waals surface area contributed by atoms with Crippen molar-refractivity contribution in [3.8, 4) is 22.6 Å². The highest BCUT2D eigenvalue weighted by Crippen LogP contribution is 2.30. The van der Waals surface area contributed by atoms with Gasteiger partial charge < -0.3 is 9.47 Å². The second-order valence-electron chi connectivity index (χ2n) is 11.1. The predicted octanol–water partition coefficient (Wildman–Crippen LogP) is 7.29. The average Bonchev–Trinajstić information content (AvgIpc) is 3.08. The Morgan fingerprint density at radius 3 is 2.24 bits per heavy atom. The Hall–Kier alpha value is -5.47. The van der Waals surface area contributed by atoms with Crippen LogP contribution in [0.3, 0.4) is 0 Å². The van der Waals surface area contributed by atoms with Gasteiger partial charge in [-0.05, 0) is 88.2 Å². The first-order chi connectivity index (χ1) is 21.8. The quantitative estimate of drug-likeness (QED) is 0.118. The number of nitrogens with one attached hydrogen (secondary N) is 1. The zero-order valence-electron chi connectivity index (χ0n) is 25.4. The molecule has 5 rings (SSSR count). The van der Waals surface area contributed by atoms with Crippen LogP contribution >= 0.6 is 0 Å². The third kappa shape index (κ3) is 8.13. The van der Waals surface area contributed by atoms with E-state index in [0.29, 0.717) is 5.75 Å². The van der Waals surface area contributed by atoms with Crippen LogP contribution in [-0.4, -0.2) is 24.0 Å². The van der Waals surface area contributed by atoms with Gasteiger partial charge in [-0.1, -0.05) is 79.5 Å². The highest BCUT2D eigenvalue weighted by molar-refractivity contribution is 5.97. The topological polar surface area (TPSA) is 96.0 Å². The second kappa shape index (κ2) is 14.3. The van der Waals surface area contributed by atoms with Gasteiger partial charge in [0.05, 0.1) is 18.2 Å². The molecule has 0 aliphatic carbocycles. The van der Waals surface area contributed by atoms with E-state index in [-0.39, 0.29) is 23.1 Å². The second-order valence-corrected chi connectivity index (χ2v) is 11.1. The lowest BCUT2D eigenvalue weighted by Gasteiger charge is -2.26. The molecule has 228 valence electrons. The normalized spacial score (nSPS) is 11.0. The van der Waals surface area contributed by atoms with Crippen molar-refractivity contribution in [1.29, 1.82) is 0 Å². The summed E-state index contributed by atoms with van der Waals surface area (Å²) >= 11 is 0. The largest absolute Gasteiger partial charge is 0.497 e. The minimum absolute atomic E-state index is 0.204. The number of amides is 1. The summed E-state index contributed by atoms with van der Waals surface area (Å²) in [5.41, 5.74) is 7.27. The minimum atomic E-state index is -0.751. The number of hydrogen-bond acceptors (Lipinski definition) is 7. The lowest BCUT2D eigenvalue weighted by atomic mass is 9.79. The van der Waals surface area contributed by atoms with Crippen LogP contribution in [0.5, 0.6) is 11.5 Å². The van der Waals surface area contributed by atoms with Crippen molar-refractivity contribution in [2.24, 2.45) is 0 Å². The summed E-state index contributed by atoms with van der Waals surface area (Å²) in [6, 6.07) is 33.6. The molecule has 1 amide bonds. The van der Waals surface area contributed by atoms with Gasteiger partial charge in [-0.2, -0.15) is 5.48 Å². The maximum absolute atomic E-state index is 13.2. The molecule has 5 aromatic rings. The van der Waals surface area contributed by atoms with Gasteiger partial charge in [0.2, 0.25) is 0 Å². The summed E-state index contributed by atoms with van der Waals surface area (Å²) < 4.78 is 11.3. The number of aromatic nitrogens is 1. The Morgan fingerprint density at radius 2 is 1.51 bits per heavy atom. The molecule has 0 saturated heterocycles. The van der Waals surface area contributed by atoms with Gasteiger partial charge in [-0.25, -0.2) is 4.79 Å². The lowest BCUT2D eigenvalue weighted by molar-refractivity contribution is -0.273. The van der Waals surface area contributed by atoms with Crippen LogP contribution in [-0.2, 0) is 28.3 Å². The molecule has 0 aliphatic rings. The highest BCUT2D eigenvalue weighted by atomic mass is 17.3. The van der Waals surface area contributed by atoms with Gasteiger partial charge in [-0.3, -0.25) is 14.7 Å². The molecule has 0 saturated carbocycles. The van der Waals surface area contributed by atoms with Crippen LogP contribution in [0.15, 0.2) is 122 Å². The molecule has 0 aliphatic heterocycles. The molecular formula is C37H34N2O6. The van der Waals surface area contributed by atoms with E-state index in [9.17, 15) is 9.59 Å². The number of rotatable bonds is 12. The third-order valence-corrected chi connectivity index (χ3v) is 7.41. The van der Waals surface area contributed by atoms with Crippen molar-refractivity contribution < 1.29 is 28.9 Å². The molecule has 0 atom stereocenters. The zero-order chi connectivity index (χ0) is 31.6. The van der Waals surface area contributed by atoms with Gasteiger partial charge in [0, 0.05) is 12.4 Å². The molecule has 0 radical (unpaired) electrons. The SMILES string of the molecule is COc1cccc(CC(C)(C)c2ccc(C(=O)OONC(=O)c3cc(-c4ccncc4)ccc3OCc3ccccc3)cc2)c1. The molecule has 8 nitrogen and oxygen atoms in total. The minimum Gasteiger partial charge on any atom is -0.497 e. The summed E-state index contributed by atoms with van der Waals surface area (Å²) in [5.74, 6) is -0.239. The smallest absolute Gasteiger partial charge is 0.375 e. The van der Waals surface area contributed by atoms with Crippen molar-refractivity contribution in [2.75, 3.05) is 7.11 Å². The standard InChI is InChI=1S/C37H34N2O6/c1-37(2,24-27-10-7-11-32(22-27)42-3)31-15-12-29(13-16-31)36(41)44-45-39-35(40)33-23-30(28-18-20-38-21-19-28)14-17-34(33)43-25-26-8-5-4-6-9-26/h4-23H,24-25H2,1-3H3,(H,39,40). The number of hydrogen-bond donors (Lipinski definition) is 1. The Kier molecular flexibility index (Phi) is 9.87. The van der Waals surface area contributed by atoms with Crippen LogP contribution in [0.25, 0.3) is 11.1 Å². The molecule has 0 spiro atoms. The molecule has 0 bridgehead atoms. The number of methoxy groups -OCH3 is 1. The first-order valence-electron chi connectivity index (χ1n) is 14.5. The maximum Gasteiger partial charge on any atom is 0.375 e. The van der Waals surface area contributed by atoms with E-state index in [2.05, 4.69) is 30.4 Å². The molecular weight excluding hydrogens is 568 g/mol. The summed E-state index contributed by atoms with van der Waals surface area (Å²) in [6.07, 6.45) is 4.12. The van der Waals surface area contributed by atoms with E-state index in [4.69, 9.17) is 19.3 Å². The van der Waals surface area contributed by atoms with E-state index in [1.54, 1.807) is 43.8 Å². The van der Waals surface area contributed by atoms with Crippen molar-refractivity contribution in [3.05, 3.63) is 149 Å². The van der Waals surface area contributed by atoms with Crippen molar-refractivity contribution in [2.45, 2.75) is 32.3 Å².